The molecule has 0 atom stereocenters. The van der Waals surface area contributed by atoms with Gasteiger partial charge in [-0.25, -0.2) is 0 Å². The van der Waals surface area contributed by atoms with Crippen molar-refractivity contribution in [2.75, 3.05) is 0 Å². The van der Waals surface area contributed by atoms with Crippen LogP contribution in [0.5, 0.6) is 0 Å². The lowest BCUT2D eigenvalue weighted by Crippen LogP contribution is -1.95. The highest BCUT2D eigenvalue weighted by molar-refractivity contribution is 6.25. The highest BCUT2D eigenvalue weighted by atomic mass is 16.1. The van der Waals surface area contributed by atoms with E-state index in [1.807, 2.05) is 18.2 Å². The molecule has 0 fully saturated rings. The third kappa shape index (κ3) is 1.27. The zero-order chi connectivity index (χ0) is 10.3. The topological polar surface area (TPSA) is 40.9 Å². The second kappa shape index (κ2) is 3.05. The lowest BCUT2D eigenvalue weighted by molar-refractivity contribution is 0.101. The van der Waals surface area contributed by atoms with Gasteiger partial charge in [0.05, 0.1) is 6.42 Å². The Bertz CT molecular complexity index is 418. The molecule has 0 unspecified atom stereocenters. The Kier molecular flexibility index (Phi) is 1.99. The van der Waals surface area contributed by atoms with Crippen molar-refractivity contribution in [2.45, 2.75) is 26.2 Å². The summed E-state index contributed by atoms with van der Waals surface area (Å²) in [6.07, 6.45) is 0.275. The van der Waals surface area contributed by atoms with Crippen molar-refractivity contribution >= 4 is 11.5 Å². The van der Waals surface area contributed by atoms with E-state index >= 15 is 0 Å². The average Bonchev–Trinajstić information content (AvgIpc) is 2.42. The molecule has 1 aliphatic rings. The van der Waals surface area contributed by atoms with Crippen LogP contribution in [-0.4, -0.2) is 11.5 Å². The Balaban J connectivity index is 2.55. The number of carbonyl (C=O) groups excluding carboxylic acids is 1. The zero-order valence-corrected chi connectivity index (χ0v) is 8.42. The maximum absolute atomic E-state index is 11.5. The Morgan fingerprint density at radius 1 is 1.29 bits per heavy atom. The van der Waals surface area contributed by atoms with Crippen molar-refractivity contribution in [3.05, 3.63) is 34.9 Å². The molecule has 1 N–H and O–H groups in total. The molecule has 0 saturated carbocycles. The molecule has 1 aromatic carbocycles. The summed E-state index contributed by atoms with van der Waals surface area (Å²) < 4.78 is 0. The number of fused-ring (bicyclic) bond motifs is 1. The SMILES string of the molecule is CC(C)c1ccc2c(c1)C(=O)CC2=N. The molecule has 0 saturated heterocycles. The van der Waals surface area contributed by atoms with Gasteiger partial charge in [0.15, 0.2) is 5.78 Å². The number of benzene rings is 1. The van der Waals surface area contributed by atoms with E-state index in [1.54, 1.807) is 0 Å². The Labute approximate surface area is 83.5 Å². The molecule has 0 aromatic heterocycles. The smallest absolute Gasteiger partial charge is 0.169 e. The van der Waals surface area contributed by atoms with Crippen LogP contribution < -0.4 is 0 Å². The predicted molar refractivity (Wildman–Crippen MR) is 56.3 cm³/mol. The second-order valence-corrected chi connectivity index (χ2v) is 4.04. The van der Waals surface area contributed by atoms with E-state index in [2.05, 4.69) is 13.8 Å². The highest BCUT2D eigenvalue weighted by Crippen LogP contribution is 2.25. The monoisotopic (exact) mass is 187 g/mol. The molecule has 14 heavy (non-hydrogen) atoms. The zero-order valence-electron chi connectivity index (χ0n) is 8.42. The van der Waals surface area contributed by atoms with E-state index in [0.717, 1.165) is 11.1 Å². The molecule has 72 valence electrons. The van der Waals surface area contributed by atoms with Crippen LogP contribution in [0.2, 0.25) is 0 Å². The van der Waals surface area contributed by atoms with Crippen molar-refractivity contribution in [3.63, 3.8) is 0 Å². The van der Waals surface area contributed by atoms with Gasteiger partial charge in [0, 0.05) is 16.8 Å². The molecule has 0 radical (unpaired) electrons. The van der Waals surface area contributed by atoms with Crippen LogP contribution in [0.3, 0.4) is 0 Å². The van der Waals surface area contributed by atoms with Crippen LogP contribution in [0.1, 0.15) is 47.7 Å². The summed E-state index contributed by atoms with van der Waals surface area (Å²) in [5.41, 5.74) is 3.19. The molecule has 2 nitrogen and oxygen atoms in total. The molecule has 1 aliphatic carbocycles. The summed E-state index contributed by atoms with van der Waals surface area (Å²) in [7, 11) is 0. The number of nitrogens with one attached hydrogen (secondary N) is 1. The first-order valence-electron chi connectivity index (χ1n) is 4.84. The normalized spacial score (nSPS) is 15.1. The van der Waals surface area contributed by atoms with Crippen LogP contribution in [0.25, 0.3) is 0 Å². The van der Waals surface area contributed by atoms with E-state index in [4.69, 9.17) is 5.41 Å². The van der Waals surface area contributed by atoms with E-state index < -0.39 is 0 Å². The fourth-order valence-electron chi connectivity index (χ4n) is 1.77. The average molecular weight is 187 g/mol. The van der Waals surface area contributed by atoms with Gasteiger partial charge in [-0.2, -0.15) is 0 Å². The van der Waals surface area contributed by atoms with Crippen molar-refractivity contribution < 1.29 is 4.79 Å². The minimum absolute atomic E-state index is 0.0903. The van der Waals surface area contributed by atoms with Crippen LogP contribution in [0.15, 0.2) is 18.2 Å². The summed E-state index contributed by atoms with van der Waals surface area (Å²) in [5, 5.41) is 7.62. The third-order valence-corrected chi connectivity index (χ3v) is 2.67. The predicted octanol–water partition coefficient (Wildman–Crippen LogP) is 2.76. The maximum Gasteiger partial charge on any atom is 0.169 e. The molecule has 2 heteroatoms. The molecular formula is C12H13NO. The lowest BCUT2D eigenvalue weighted by atomic mass is 9.98. The Hall–Kier alpha value is -1.44. The minimum atomic E-state index is 0.0903. The summed E-state index contributed by atoms with van der Waals surface area (Å²) in [6.45, 7) is 4.21. The first-order chi connectivity index (χ1) is 6.59. The van der Waals surface area contributed by atoms with Gasteiger partial charge in [-0.1, -0.05) is 26.0 Å². The van der Waals surface area contributed by atoms with Gasteiger partial charge >= 0.3 is 0 Å². The van der Waals surface area contributed by atoms with Crippen molar-refractivity contribution in [1.29, 1.82) is 5.41 Å². The Morgan fingerprint density at radius 2 is 2.00 bits per heavy atom. The van der Waals surface area contributed by atoms with Crippen LogP contribution in [-0.2, 0) is 0 Å². The molecule has 0 amide bonds. The van der Waals surface area contributed by atoms with Crippen LogP contribution in [0, 0.1) is 5.41 Å². The van der Waals surface area contributed by atoms with Crippen LogP contribution >= 0.6 is 0 Å². The van der Waals surface area contributed by atoms with Gasteiger partial charge in [-0.15, -0.1) is 0 Å². The van der Waals surface area contributed by atoms with Gasteiger partial charge in [0.2, 0.25) is 0 Å². The van der Waals surface area contributed by atoms with Crippen molar-refractivity contribution in [1.82, 2.24) is 0 Å². The molecule has 1 aromatic rings. The number of rotatable bonds is 1. The van der Waals surface area contributed by atoms with Crippen LogP contribution in [0.4, 0.5) is 0 Å². The third-order valence-electron chi connectivity index (χ3n) is 2.67. The molecule has 0 heterocycles. The van der Waals surface area contributed by atoms with Gasteiger partial charge in [-0.05, 0) is 17.5 Å². The van der Waals surface area contributed by atoms with E-state index in [0.29, 0.717) is 11.6 Å². The molecular weight excluding hydrogens is 174 g/mol. The van der Waals surface area contributed by atoms with E-state index in [-0.39, 0.29) is 12.2 Å². The van der Waals surface area contributed by atoms with E-state index in [9.17, 15) is 4.79 Å². The first kappa shape index (κ1) is 9.13. The van der Waals surface area contributed by atoms with E-state index in [1.165, 1.54) is 5.56 Å². The van der Waals surface area contributed by atoms with Gasteiger partial charge in [-0.3, -0.25) is 4.79 Å². The maximum atomic E-state index is 11.5. The minimum Gasteiger partial charge on any atom is -0.304 e. The lowest BCUT2D eigenvalue weighted by Gasteiger charge is -2.06. The summed E-state index contributed by atoms with van der Waals surface area (Å²) in [6, 6.07) is 5.85. The van der Waals surface area contributed by atoms with Crippen molar-refractivity contribution in [2.24, 2.45) is 0 Å². The fraction of sp³-hybridized carbons (Fsp3) is 0.333. The fourth-order valence-corrected chi connectivity index (χ4v) is 1.77. The largest absolute Gasteiger partial charge is 0.304 e. The number of ketones is 1. The second-order valence-electron chi connectivity index (χ2n) is 4.04. The molecule has 0 spiro atoms. The number of hydrogen-bond acceptors (Lipinski definition) is 2. The summed E-state index contributed by atoms with van der Waals surface area (Å²) >= 11 is 0. The van der Waals surface area contributed by atoms with Gasteiger partial charge in [0.1, 0.15) is 0 Å². The summed E-state index contributed by atoms with van der Waals surface area (Å²) in [4.78, 5) is 11.5. The quantitative estimate of drug-likeness (QED) is 0.721. The highest BCUT2D eigenvalue weighted by Gasteiger charge is 2.24. The van der Waals surface area contributed by atoms with Gasteiger partial charge in [0.25, 0.3) is 0 Å². The molecule has 2 rings (SSSR count). The van der Waals surface area contributed by atoms with Crippen molar-refractivity contribution in [3.8, 4) is 0 Å². The molecule has 0 aliphatic heterocycles. The molecule has 0 bridgehead atoms. The number of hydrogen-bond donors (Lipinski definition) is 1. The Morgan fingerprint density at radius 3 is 2.64 bits per heavy atom. The number of carbonyl (C=O) groups is 1. The standard InChI is InChI=1S/C12H13NO/c1-7(2)8-3-4-9-10(5-8)12(14)6-11(9)13/h3-5,7,13H,6H2,1-2H3. The van der Waals surface area contributed by atoms with Gasteiger partial charge < -0.3 is 5.41 Å². The summed E-state index contributed by atoms with van der Waals surface area (Å²) in [5.74, 6) is 0.524. The number of Topliss-reactive ketones (excluding diaryl/α,β-unsaturated/α-hetero) is 1. The first-order valence-corrected chi connectivity index (χ1v) is 4.84.